The van der Waals surface area contributed by atoms with Gasteiger partial charge in [-0.05, 0) is 80.6 Å². The van der Waals surface area contributed by atoms with Gasteiger partial charge in [-0.25, -0.2) is 4.98 Å². The largest absolute Gasteiger partial charge is 0.481 e. The topological polar surface area (TPSA) is 109 Å². The Labute approximate surface area is 265 Å². The molecule has 0 aliphatic carbocycles. The molecule has 0 saturated heterocycles. The van der Waals surface area contributed by atoms with Crippen molar-refractivity contribution in [3.63, 3.8) is 0 Å². The molecule has 0 fully saturated rings. The Morgan fingerprint density at radius 2 is 1.76 bits per heavy atom. The first-order chi connectivity index (χ1) is 21.6. The summed E-state index contributed by atoms with van der Waals surface area (Å²) in [7, 11) is 3.46. The van der Waals surface area contributed by atoms with E-state index in [0.29, 0.717) is 23.8 Å². The Hall–Kier alpha value is -4.45. The maximum atomic E-state index is 14.0. The zero-order valence-corrected chi connectivity index (χ0v) is 26.9. The van der Waals surface area contributed by atoms with Crippen LogP contribution in [-0.2, 0) is 22.2 Å². The first-order valence-electron chi connectivity index (χ1n) is 15.1. The monoisotopic (exact) mass is 639 g/mol. The minimum Gasteiger partial charge on any atom is -0.481 e. The number of carboxylic acids is 1. The number of benzene rings is 1. The van der Waals surface area contributed by atoms with E-state index in [2.05, 4.69) is 10.3 Å². The fraction of sp³-hybridized carbons (Fsp3) is 0.412. The van der Waals surface area contributed by atoms with Crippen molar-refractivity contribution in [2.75, 3.05) is 20.6 Å². The third-order valence-corrected chi connectivity index (χ3v) is 7.99. The SMILES string of the molecule is Cc1cccc(C)c1-c1cc([C@H](CC(=O)O)NC(=O)[C@@H](CC(C)C)n2cc(CCN(C)C)c(C(F)(F)F)cc2=O)cn2ccnc12. The van der Waals surface area contributed by atoms with Gasteiger partial charge in [-0.2, -0.15) is 13.2 Å². The molecule has 3 heterocycles. The molecule has 2 atom stereocenters. The van der Waals surface area contributed by atoms with E-state index in [1.54, 1.807) is 42.0 Å². The number of pyridine rings is 2. The molecule has 12 heteroatoms. The van der Waals surface area contributed by atoms with Gasteiger partial charge < -0.3 is 24.3 Å². The summed E-state index contributed by atoms with van der Waals surface area (Å²) >= 11 is 0. The van der Waals surface area contributed by atoms with Gasteiger partial charge in [0.15, 0.2) is 0 Å². The van der Waals surface area contributed by atoms with Crippen molar-refractivity contribution in [2.45, 2.75) is 65.2 Å². The minimum absolute atomic E-state index is 0.00575. The number of carbonyl (C=O) groups excluding carboxylic acids is 1. The number of carboxylic acid groups (broad SMARTS) is 1. The number of rotatable bonds is 12. The van der Waals surface area contributed by atoms with Gasteiger partial charge in [-0.1, -0.05) is 32.0 Å². The van der Waals surface area contributed by atoms with Gasteiger partial charge >= 0.3 is 12.1 Å². The Balaban J connectivity index is 1.81. The van der Waals surface area contributed by atoms with Gasteiger partial charge in [0.2, 0.25) is 5.91 Å². The van der Waals surface area contributed by atoms with E-state index >= 15 is 0 Å². The van der Waals surface area contributed by atoms with E-state index in [4.69, 9.17) is 0 Å². The summed E-state index contributed by atoms with van der Waals surface area (Å²) in [5.74, 6) is -1.95. The first-order valence-corrected chi connectivity index (χ1v) is 15.1. The van der Waals surface area contributed by atoms with Crippen LogP contribution in [0, 0.1) is 19.8 Å². The van der Waals surface area contributed by atoms with Gasteiger partial charge in [-0.3, -0.25) is 14.4 Å². The number of aryl methyl sites for hydroxylation is 2. The normalized spacial score (nSPS) is 13.4. The molecule has 2 N–H and O–H groups in total. The van der Waals surface area contributed by atoms with Gasteiger partial charge in [0, 0.05) is 43.0 Å². The summed E-state index contributed by atoms with van der Waals surface area (Å²) in [6, 6.07) is 6.04. The lowest BCUT2D eigenvalue weighted by molar-refractivity contribution is -0.139. The van der Waals surface area contributed by atoms with E-state index in [0.717, 1.165) is 33.0 Å². The third-order valence-electron chi connectivity index (χ3n) is 7.99. The molecule has 0 unspecified atom stereocenters. The number of nitrogens with one attached hydrogen (secondary N) is 1. The minimum atomic E-state index is -4.75. The van der Waals surface area contributed by atoms with Crippen LogP contribution in [0.4, 0.5) is 13.2 Å². The number of fused-ring (bicyclic) bond motifs is 1. The fourth-order valence-corrected chi connectivity index (χ4v) is 5.80. The summed E-state index contributed by atoms with van der Waals surface area (Å²) in [5, 5.41) is 12.7. The average Bonchev–Trinajstić information content (AvgIpc) is 3.43. The second-order valence-electron chi connectivity index (χ2n) is 12.4. The molecule has 0 aliphatic rings. The molecule has 4 aromatic rings. The van der Waals surface area contributed by atoms with Crippen LogP contribution in [0.1, 0.15) is 66.6 Å². The first kappa shape index (κ1) is 34.4. The van der Waals surface area contributed by atoms with Gasteiger partial charge in [0.25, 0.3) is 5.56 Å². The quantitative estimate of drug-likeness (QED) is 0.202. The molecule has 1 aromatic carbocycles. The number of aromatic nitrogens is 3. The van der Waals surface area contributed by atoms with E-state index in [-0.39, 0.29) is 24.3 Å². The number of carbonyl (C=O) groups is 2. The number of likely N-dealkylation sites (N-methyl/N-ethyl adjacent to an activating group) is 1. The highest BCUT2D eigenvalue weighted by Crippen LogP contribution is 2.34. The Bertz CT molecular complexity index is 1770. The number of nitrogens with zero attached hydrogens (tertiary/aromatic N) is 4. The van der Waals surface area contributed by atoms with Crippen molar-refractivity contribution in [1.82, 2.24) is 24.2 Å². The summed E-state index contributed by atoms with van der Waals surface area (Å²) < 4.78 is 44.6. The Kier molecular flexibility index (Phi) is 10.4. The van der Waals surface area contributed by atoms with Crippen LogP contribution in [0.15, 0.2) is 59.9 Å². The molecule has 246 valence electrons. The predicted molar refractivity (Wildman–Crippen MR) is 170 cm³/mol. The lowest BCUT2D eigenvalue weighted by Gasteiger charge is -2.26. The fourth-order valence-electron chi connectivity index (χ4n) is 5.80. The van der Waals surface area contributed by atoms with Crippen LogP contribution in [0.2, 0.25) is 0 Å². The number of halogens is 3. The zero-order valence-electron chi connectivity index (χ0n) is 26.9. The summed E-state index contributed by atoms with van der Waals surface area (Å²) in [4.78, 5) is 45.5. The van der Waals surface area contributed by atoms with Crippen molar-refractivity contribution in [2.24, 2.45) is 5.92 Å². The van der Waals surface area contributed by atoms with Crippen LogP contribution in [0.25, 0.3) is 16.8 Å². The number of aliphatic carboxylic acids is 1. The lowest BCUT2D eigenvalue weighted by atomic mass is 9.93. The highest BCUT2D eigenvalue weighted by Gasteiger charge is 2.36. The summed E-state index contributed by atoms with van der Waals surface area (Å²) in [6.07, 6.45) is 1.12. The van der Waals surface area contributed by atoms with Gasteiger partial charge in [0.05, 0.1) is 18.0 Å². The molecule has 0 spiro atoms. The summed E-state index contributed by atoms with van der Waals surface area (Å²) in [6.45, 7) is 7.90. The molecule has 0 bridgehead atoms. The lowest BCUT2D eigenvalue weighted by Crippen LogP contribution is -2.40. The molecule has 4 rings (SSSR count). The highest BCUT2D eigenvalue weighted by atomic mass is 19.4. The Morgan fingerprint density at radius 1 is 1.09 bits per heavy atom. The van der Waals surface area contributed by atoms with Crippen LogP contribution in [0.5, 0.6) is 0 Å². The molecule has 3 aromatic heterocycles. The molecule has 0 radical (unpaired) electrons. The Morgan fingerprint density at radius 3 is 2.35 bits per heavy atom. The smallest absolute Gasteiger partial charge is 0.416 e. The summed E-state index contributed by atoms with van der Waals surface area (Å²) in [5.41, 5.74) is 2.72. The standard InChI is InChI=1S/C34H40F3N5O4/c1-20(2)14-28(42-19-23(10-12-40(5)6)26(16-29(42)43)34(35,36)37)33(46)39-27(17-30(44)45)24-15-25(32-38-11-13-41(32)18-24)31-21(3)8-7-9-22(31)4/h7-9,11,13,15-16,18-20,27-28H,10,12,14,17H2,1-6H3,(H,39,46)(H,44,45)/t27-,28+/m0/s1. The van der Waals surface area contributed by atoms with E-state index in [1.165, 1.54) is 0 Å². The maximum Gasteiger partial charge on any atom is 0.416 e. The molecular formula is C34H40F3N5O4. The number of hydrogen-bond acceptors (Lipinski definition) is 5. The highest BCUT2D eigenvalue weighted by molar-refractivity contribution is 5.84. The van der Waals surface area contributed by atoms with Crippen molar-refractivity contribution < 1.29 is 27.9 Å². The number of amides is 1. The van der Waals surface area contributed by atoms with Crippen molar-refractivity contribution in [3.05, 3.63) is 93.3 Å². The molecule has 9 nitrogen and oxygen atoms in total. The number of imidazole rings is 1. The third kappa shape index (κ3) is 7.85. The van der Waals surface area contributed by atoms with E-state index < -0.39 is 47.7 Å². The van der Waals surface area contributed by atoms with Gasteiger partial charge in [0.1, 0.15) is 11.7 Å². The number of alkyl halides is 3. The molecular weight excluding hydrogens is 599 g/mol. The van der Waals surface area contributed by atoms with Crippen molar-refractivity contribution >= 4 is 17.5 Å². The van der Waals surface area contributed by atoms with Crippen LogP contribution in [0.3, 0.4) is 0 Å². The van der Waals surface area contributed by atoms with Crippen LogP contribution in [-0.4, -0.2) is 56.5 Å². The second kappa shape index (κ2) is 13.9. The molecule has 1 amide bonds. The van der Waals surface area contributed by atoms with Crippen LogP contribution < -0.4 is 10.9 Å². The molecule has 0 saturated carbocycles. The van der Waals surface area contributed by atoms with Gasteiger partial charge in [-0.15, -0.1) is 0 Å². The maximum absolute atomic E-state index is 14.0. The molecule has 46 heavy (non-hydrogen) atoms. The van der Waals surface area contributed by atoms with Crippen molar-refractivity contribution in [3.8, 4) is 11.1 Å². The predicted octanol–water partition coefficient (Wildman–Crippen LogP) is 5.82. The van der Waals surface area contributed by atoms with Crippen molar-refractivity contribution in [1.29, 1.82) is 0 Å². The number of hydrogen-bond donors (Lipinski definition) is 2. The van der Waals surface area contributed by atoms with Crippen LogP contribution >= 0.6 is 0 Å². The average molecular weight is 640 g/mol. The van der Waals surface area contributed by atoms with E-state index in [1.807, 2.05) is 52.0 Å². The second-order valence-corrected chi connectivity index (χ2v) is 12.4. The van der Waals surface area contributed by atoms with E-state index in [9.17, 15) is 32.7 Å². The molecule has 0 aliphatic heterocycles. The zero-order chi connectivity index (χ0) is 33.9.